The lowest BCUT2D eigenvalue weighted by atomic mass is 10.2. The van der Waals surface area contributed by atoms with Gasteiger partial charge in [-0.1, -0.05) is 30.3 Å². The van der Waals surface area contributed by atoms with E-state index < -0.39 is 0 Å². The Morgan fingerprint density at radius 2 is 2.00 bits per heavy atom. The van der Waals surface area contributed by atoms with Crippen LogP contribution in [0.4, 0.5) is 0 Å². The molecule has 1 aromatic carbocycles. The molecule has 1 amide bonds. The van der Waals surface area contributed by atoms with Crippen LogP contribution in [0.5, 0.6) is 0 Å². The molecule has 0 saturated carbocycles. The molecule has 0 radical (unpaired) electrons. The second-order valence-electron chi connectivity index (χ2n) is 5.06. The Hall–Kier alpha value is -1.39. The van der Waals surface area contributed by atoms with Crippen LogP contribution in [0.3, 0.4) is 0 Å². The largest absolute Gasteiger partial charge is 0.353 e. The van der Waals surface area contributed by atoms with Crippen molar-refractivity contribution in [1.29, 1.82) is 0 Å². The predicted octanol–water partition coefficient (Wildman–Crippen LogP) is 1.36. The fourth-order valence-corrected chi connectivity index (χ4v) is 1.94. The molecule has 106 valence electrons. The summed E-state index contributed by atoms with van der Waals surface area (Å²) < 4.78 is 0. The molecular formula is C15H25N3O. The third-order valence-corrected chi connectivity index (χ3v) is 2.74. The third kappa shape index (κ3) is 6.94. The molecule has 0 aromatic heterocycles. The highest BCUT2D eigenvalue weighted by molar-refractivity contribution is 5.78. The van der Waals surface area contributed by atoms with E-state index in [1.807, 2.05) is 32.0 Å². The molecule has 3 N–H and O–H groups in total. The van der Waals surface area contributed by atoms with Crippen LogP contribution < -0.4 is 11.1 Å². The van der Waals surface area contributed by atoms with Crippen molar-refractivity contribution >= 4 is 5.91 Å². The average Bonchev–Trinajstić information content (AvgIpc) is 2.36. The number of benzene rings is 1. The first kappa shape index (κ1) is 15.7. The van der Waals surface area contributed by atoms with Crippen LogP contribution in [0.25, 0.3) is 0 Å². The molecule has 0 heterocycles. The van der Waals surface area contributed by atoms with Crippen molar-refractivity contribution in [3.8, 4) is 0 Å². The maximum atomic E-state index is 11.8. The first-order chi connectivity index (χ1) is 9.11. The maximum absolute atomic E-state index is 11.8. The molecule has 0 fully saturated rings. The van der Waals surface area contributed by atoms with Crippen LogP contribution in [0.15, 0.2) is 30.3 Å². The summed E-state index contributed by atoms with van der Waals surface area (Å²) in [6.45, 7) is 6.64. The van der Waals surface area contributed by atoms with Gasteiger partial charge in [-0.3, -0.25) is 9.69 Å². The van der Waals surface area contributed by atoms with E-state index in [1.165, 1.54) is 5.56 Å². The van der Waals surface area contributed by atoms with E-state index in [0.29, 0.717) is 13.1 Å². The van der Waals surface area contributed by atoms with Crippen LogP contribution in [-0.2, 0) is 11.3 Å². The maximum Gasteiger partial charge on any atom is 0.234 e. The van der Waals surface area contributed by atoms with E-state index in [9.17, 15) is 4.79 Å². The number of rotatable bonds is 8. The topological polar surface area (TPSA) is 58.4 Å². The Bertz CT molecular complexity index is 365. The highest BCUT2D eigenvalue weighted by Crippen LogP contribution is 2.04. The van der Waals surface area contributed by atoms with Gasteiger partial charge in [0.2, 0.25) is 5.91 Å². The number of carbonyl (C=O) groups excluding carboxylic acids is 1. The van der Waals surface area contributed by atoms with Crippen molar-refractivity contribution in [2.45, 2.75) is 32.9 Å². The molecule has 0 unspecified atom stereocenters. The molecule has 0 bridgehead atoms. The van der Waals surface area contributed by atoms with Gasteiger partial charge in [-0.05, 0) is 32.4 Å². The monoisotopic (exact) mass is 263 g/mol. The van der Waals surface area contributed by atoms with Gasteiger partial charge in [0.25, 0.3) is 0 Å². The predicted molar refractivity (Wildman–Crippen MR) is 78.7 cm³/mol. The van der Waals surface area contributed by atoms with Gasteiger partial charge in [-0.15, -0.1) is 0 Å². The molecule has 0 aliphatic heterocycles. The number of nitrogens with two attached hydrogens (primary N) is 1. The lowest BCUT2D eigenvalue weighted by Crippen LogP contribution is -2.40. The molecule has 19 heavy (non-hydrogen) atoms. The van der Waals surface area contributed by atoms with Crippen molar-refractivity contribution in [3.05, 3.63) is 35.9 Å². The highest BCUT2D eigenvalue weighted by Gasteiger charge is 2.11. The van der Waals surface area contributed by atoms with Crippen LogP contribution in [-0.4, -0.2) is 36.5 Å². The molecular weight excluding hydrogens is 238 g/mol. The molecule has 0 aliphatic carbocycles. The normalized spacial score (nSPS) is 11.0. The van der Waals surface area contributed by atoms with Crippen molar-refractivity contribution in [1.82, 2.24) is 10.2 Å². The Labute approximate surface area is 116 Å². The van der Waals surface area contributed by atoms with Crippen molar-refractivity contribution in [2.24, 2.45) is 5.73 Å². The lowest BCUT2D eigenvalue weighted by Gasteiger charge is -2.22. The third-order valence-electron chi connectivity index (χ3n) is 2.74. The molecule has 0 atom stereocenters. The molecule has 4 heteroatoms. The fraction of sp³-hybridized carbons (Fsp3) is 0.533. The van der Waals surface area contributed by atoms with Crippen molar-refractivity contribution < 1.29 is 4.79 Å². The molecule has 1 aromatic rings. The second-order valence-corrected chi connectivity index (χ2v) is 5.06. The smallest absolute Gasteiger partial charge is 0.234 e. The Balaban J connectivity index is 2.53. The number of amides is 1. The van der Waals surface area contributed by atoms with Gasteiger partial charge in [-0.2, -0.15) is 0 Å². The van der Waals surface area contributed by atoms with Crippen LogP contribution >= 0.6 is 0 Å². The van der Waals surface area contributed by atoms with E-state index in [2.05, 4.69) is 22.3 Å². The summed E-state index contributed by atoms with van der Waals surface area (Å²) in [7, 11) is 0. The van der Waals surface area contributed by atoms with Crippen LogP contribution in [0.2, 0.25) is 0 Å². The van der Waals surface area contributed by atoms with Gasteiger partial charge in [0.1, 0.15) is 0 Å². The molecule has 0 aliphatic rings. The van der Waals surface area contributed by atoms with Crippen LogP contribution in [0, 0.1) is 0 Å². The van der Waals surface area contributed by atoms with Gasteiger partial charge < -0.3 is 11.1 Å². The zero-order valence-electron chi connectivity index (χ0n) is 11.9. The van der Waals surface area contributed by atoms with E-state index in [0.717, 1.165) is 19.5 Å². The summed E-state index contributed by atoms with van der Waals surface area (Å²) in [5.41, 5.74) is 6.77. The van der Waals surface area contributed by atoms with E-state index in [-0.39, 0.29) is 11.9 Å². The SMILES string of the molecule is CC(C)NC(=O)CN(CCCN)Cc1ccccc1. The van der Waals surface area contributed by atoms with Gasteiger partial charge in [-0.25, -0.2) is 0 Å². The van der Waals surface area contributed by atoms with Gasteiger partial charge in [0.15, 0.2) is 0 Å². The Morgan fingerprint density at radius 3 is 2.58 bits per heavy atom. The molecule has 0 spiro atoms. The standard InChI is InChI=1S/C15H25N3O/c1-13(2)17-15(19)12-18(10-6-9-16)11-14-7-4-3-5-8-14/h3-5,7-8,13H,6,9-12,16H2,1-2H3,(H,17,19). The minimum Gasteiger partial charge on any atom is -0.353 e. The number of hydrogen-bond donors (Lipinski definition) is 2. The quantitative estimate of drug-likeness (QED) is 0.744. The molecule has 0 saturated heterocycles. The van der Waals surface area contributed by atoms with Gasteiger partial charge in [0, 0.05) is 19.1 Å². The van der Waals surface area contributed by atoms with Gasteiger partial charge >= 0.3 is 0 Å². The van der Waals surface area contributed by atoms with Gasteiger partial charge in [0.05, 0.1) is 6.54 Å². The second kappa shape index (κ2) is 8.67. The summed E-state index contributed by atoms with van der Waals surface area (Å²) in [6, 6.07) is 10.4. The summed E-state index contributed by atoms with van der Waals surface area (Å²) in [6.07, 6.45) is 0.905. The average molecular weight is 263 g/mol. The van der Waals surface area contributed by atoms with Crippen molar-refractivity contribution in [2.75, 3.05) is 19.6 Å². The minimum absolute atomic E-state index is 0.0722. The number of nitrogens with one attached hydrogen (secondary N) is 1. The summed E-state index contributed by atoms with van der Waals surface area (Å²) in [5.74, 6) is 0.0722. The number of hydrogen-bond acceptors (Lipinski definition) is 3. The van der Waals surface area contributed by atoms with E-state index in [4.69, 9.17) is 5.73 Å². The first-order valence-electron chi connectivity index (χ1n) is 6.87. The first-order valence-corrected chi connectivity index (χ1v) is 6.87. The fourth-order valence-electron chi connectivity index (χ4n) is 1.94. The Morgan fingerprint density at radius 1 is 1.32 bits per heavy atom. The minimum atomic E-state index is 0.0722. The summed E-state index contributed by atoms with van der Waals surface area (Å²) in [4.78, 5) is 14.0. The summed E-state index contributed by atoms with van der Waals surface area (Å²) >= 11 is 0. The molecule has 4 nitrogen and oxygen atoms in total. The van der Waals surface area contributed by atoms with E-state index >= 15 is 0 Å². The summed E-state index contributed by atoms with van der Waals surface area (Å²) in [5, 5.41) is 2.92. The lowest BCUT2D eigenvalue weighted by molar-refractivity contribution is -0.122. The van der Waals surface area contributed by atoms with Crippen molar-refractivity contribution in [3.63, 3.8) is 0 Å². The zero-order valence-corrected chi connectivity index (χ0v) is 11.9. The Kier molecular flexibility index (Phi) is 7.15. The molecule has 1 rings (SSSR count). The number of carbonyl (C=O) groups is 1. The number of nitrogens with zero attached hydrogens (tertiary/aromatic N) is 1. The zero-order chi connectivity index (χ0) is 14.1. The highest BCUT2D eigenvalue weighted by atomic mass is 16.2. The van der Waals surface area contributed by atoms with E-state index in [1.54, 1.807) is 0 Å². The van der Waals surface area contributed by atoms with Crippen LogP contribution in [0.1, 0.15) is 25.8 Å².